The molecule has 0 aliphatic heterocycles. The number of hydrogen-bond acceptors (Lipinski definition) is 5. The van der Waals surface area contributed by atoms with Gasteiger partial charge in [-0.1, -0.05) is 6.07 Å². The van der Waals surface area contributed by atoms with E-state index in [0.29, 0.717) is 6.54 Å². The molecule has 0 spiro atoms. The minimum absolute atomic E-state index is 0.0476. The molecule has 0 fully saturated rings. The average Bonchev–Trinajstić information content (AvgIpc) is 2.57. The van der Waals surface area contributed by atoms with Crippen LogP contribution >= 0.6 is 0 Å². The van der Waals surface area contributed by atoms with E-state index < -0.39 is 34.1 Å². The lowest BCUT2D eigenvalue weighted by Crippen LogP contribution is -2.41. The Morgan fingerprint density at radius 3 is 2.56 bits per heavy atom. The number of nitrogens with one attached hydrogen (secondary N) is 3. The highest BCUT2D eigenvalue weighted by Crippen LogP contribution is 2.19. The number of hydrogen-bond donors (Lipinski definition) is 3. The molecule has 0 unspecified atom stereocenters. The molecule has 0 aliphatic rings. The van der Waals surface area contributed by atoms with Gasteiger partial charge in [-0.25, -0.2) is 13.1 Å². The number of sulfonamides is 1. The van der Waals surface area contributed by atoms with Crippen LogP contribution < -0.4 is 15.4 Å². The Bertz CT molecular complexity index is 768. The zero-order valence-electron chi connectivity index (χ0n) is 14.4. The smallest absolute Gasteiger partial charge is 0.357 e. The number of aliphatic imine (C=N–C) groups is 1. The minimum atomic E-state index is -4.31. The number of benzene rings is 1. The van der Waals surface area contributed by atoms with Gasteiger partial charge in [-0.05, 0) is 13.0 Å². The predicted molar refractivity (Wildman–Crippen MR) is 92.9 cm³/mol. The highest BCUT2D eigenvalue weighted by Gasteiger charge is 2.26. The molecule has 1 rings (SSSR count). The standard InChI is InChI=1S/C14H20F3N5O4S/c1-2-18-13(19-7-6-14(15,16)17)20-8-9-21-27(25,26)12-5-3-4-11(10-12)22(23)24/h3-5,10,21H,2,6-9H2,1H3,(H2,18,19,20). The number of rotatable bonds is 9. The van der Waals surface area contributed by atoms with Gasteiger partial charge in [-0.3, -0.25) is 15.1 Å². The SMILES string of the molecule is CCNC(=NCCC(F)(F)F)NCCNS(=O)(=O)c1cccc([N+](=O)[O-])c1. The third-order valence-corrected chi connectivity index (χ3v) is 4.52. The van der Waals surface area contributed by atoms with Gasteiger partial charge in [0.25, 0.3) is 5.69 Å². The number of halogens is 3. The molecule has 0 aliphatic carbocycles. The second kappa shape index (κ2) is 10.1. The van der Waals surface area contributed by atoms with Crippen molar-refractivity contribution in [1.29, 1.82) is 0 Å². The number of alkyl halides is 3. The monoisotopic (exact) mass is 411 g/mol. The summed E-state index contributed by atoms with van der Waals surface area (Å²) in [5, 5.41) is 16.1. The summed E-state index contributed by atoms with van der Waals surface area (Å²) >= 11 is 0. The first kappa shape index (κ1) is 22.6. The highest BCUT2D eigenvalue weighted by molar-refractivity contribution is 7.89. The summed E-state index contributed by atoms with van der Waals surface area (Å²) in [5.41, 5.74) is -0.359. The van der Waals surface area contributed by atoms with E-state index in [0.717, 1.165) is 6.07 Å². The van der Waals surface area contributed by atoms with Gasteiger partial charge in [0.1, 0.15) is 0 Å². The van der Waals surface area contributed by atoms with Gasteiger partial charge >= 0.3 is 6.18 Å². The maximum Gasteiger partial charge on any atom is 0.390 e. The Morgan fingerprint density at radius 1 is 1.26 bits per heavy atom. The molecule has 27 heavy (non-hydrogen) atoms. The van der Waals surface area contributed by atoms with Crippen molar-refractivity contribution >= 4 is 21.7 Å². The van der Waals surface area contributed by atoms with Gasteiger partial charge in [0, 0.05) is 31.8 Å². The normalized spacial score (nSPS) is 12.7. The van der Waals surface area contributed by atoms with Crippen molar-refractivity contribution in [2.24, 2.45) is 4.99 Å². The minimum Gasteiger partial charge on any atom is -0.357 e. The van der Waals surface area contributed by atoms with Crippen molar-refractivity contribution < 1.29 is 26.5 Å². The molecule has 0 saturated carbocycles. The molecule has 1 aromatic carbocycles. The molecule has 152 valence electrons. The summed E-state index contributed by atoms with van der Waals surface area (Å²) in [6.07, 6.45) is -5.38. The topological polar surface area (TPSA) is 126 Å². The molecule has 0 bridgehead atoms. The summed E-state index contributed by atoms with van der Waals surface area (Å²) in [4.78, 5) is 13.5. The number of nitro groups is 1. The van der Waals surface area contributed by atoms with Gasteiger partial charge in [-0.15, -0.1) is 0 Å². The quantitative estimate of drug-likeness (QED) is 0.185. The molecular weight excluding hydrogens is 391 g/mol. The van der Waals surface area contributed by atoms with Gasteiger partial charge in [0.2, 0.25) is 10.0 Å². The van der Waals surface area contributed by atoms with E-state index in [-0.39, 0.29) is 29.6 Å². The molecule has 13 heteroatoms. The van der Waals surface area contributed by atoms with Crippen molar-refractivity contribution in [3.8, 4) is 0 Å². The number of non-ortho nitro benzene ring substituents is 1. The van der Waals surface area contributed by atoms with E-state index in [4.69, 9.17) is 0 Å². The Kier molecular flexibility index (Phi) is 8.43. The van der Waals surface area contributed by atoms with Gasteiger partial charge in [-0.2, -0.15) is 13.2 Å². The van der Waals surface area contributed by atoms with Crippen molar-refractivity contribution in [3.63, 3.8) is 0 Å². The summed E-state index contributed by atoms with van der Waals surface area (Å²) < 4.78 is 62.9. The van der Waals surface area contributed by atoms with E-state index >= 15 is 0 Å². The van der Waals surface area contributed by atoms with Crippen molar-refractivity contribution in [2.45, 2.75) is 24.4 Å². The summed E-state index contributed by atoms with van der Waals surface area (Å²) in [6, 6.07) is 4.56. The average molecular weight is 411 g/mol. The third-order valence-electron chi connectivity index (χ3n) is 3.06. The fraction of sp³-hybridized carbons (Fsp3) is 0.500. The largest absolute Gasteiger partial charge is 0.390 e. The maximum atomic E-state index is 12.1. The van der Waals surface area contributed by atoms with Crippen molar-refractivity contribution in [2.75, 3.05) is 26.2 Å². The molecule has 1 aromatic rings. The van der Waals surface area contributed by atoms with E-state index in [9.17, 15) is 31.7 Å². The van der Waals surface area contributed by atoms with Crippen LogP contribution in [0.4, 0.5) is 18.9 Å². The summed E-state index contributed by atoms with van der Waals surface area (Å²) in [5.74, 6) is 0.122. The first-order valence-electron chi connectivity index (χ1n) is 7.88. The zero-order chi connectivity index (χ0) is 20.5. The molecule has 0 amide bonds. The Labute approximate surface area is 154 Å². The fourth-order valence-corrected chi connectivity index (χ4v) is 2.92. The van der Waals surface area contributed by atoms with E-state index in [1.807, 2.05) is 0 Å². The van der Waals surface area contributed by atoms with Crippen LogP contribution in [0.25, 0.3) is 0 Å². The third kappa shape index (κ3) is 8.68. The number of nitro benzene ring substituents is 1. The van der Waals surface area contributed by atoms with Crippen LogP contribution in [-0.4, -0.2) is 51.7 Å². The lowest BCUT2D eigenvalue weighted by Gasteiger charge is -2.12. The lowest BCUT2D eigenvalue weighted by molar-refractivity contribution is -0.385. The Balaban J connectivity index is 2.58. The molecule has 3 N–H and O–H groups in total. The Hall–Kier alpha value is -2.41. The van der Waals surface area contributed by atoms with Crippen molar-refractivity contribution in [1.82, 2.24) is 15.4 Å². The van der Waals surface area contributed by atoms with E-state index in [2.05, 4.69) is 20.3 Å². The molecule has 9 nitrogen and oxygen atoms in total. The van der Waals surface area contributed by atoms with Crippen LogP contribution in [0.15, 0.2) is 34.2 Å². The fourth-order valence-electron chi connectivity index (χ4n) is 1.85. The lowest BCUT2D eigenvalue weighted by atomic mass is 10.3. The number of guanidine groups is 1. The zero-order valence-corrected chi connectivity index (χ0v) is 15.2. The summed E-state index contributed by atoms with van der Waals surface area (Å²) in [7, 11) is -3.97. The molecule has 0 heterocycles. The first-order chi connectivity index (χ1) is 12.5. The van der Waals surface area contributed by atoms with Crippen LogP contribution in [-0.2, 0) is 10.0 Å². The molecule has 0 radical (unpaired) electrons. The van der Waals surface area contributed by atoms with Crippen LogP contribution in [0.5, 0.6) is 0 Å². The highest BCUT2D eigenvalue weighted by atomic mass is 32.2. The second-order valence-electron chi connectivity index (χ2n) is 5.20. The van der Waals surface area contributed by atoms with Crippen LogP contribution in [0.1, 0.15) is 13.3 Å². The van der Waals surface area contributed by atoms with E-state index in [1.54, 1.807) is 6.92 Å². The predicted octanol–water partition coefficient (Wildman–Crippen LogP) is 1.38. The molecule has 0 saturated heterocycles. The van der Waals surface area contributed by atoms with Crippen molar-refractivity contribution in [3.05, 3.63) is 34.4 Å². The van der Waals surface area contributed by atoms with Gasteiger partial charge in [0.15, 0.2) is 5.96 Å². The maximum absolute atomic E-state index is 12.1. The molecule has 0 aromatic heterocycles. The van der Waals surface area contributed by atoms with E-state index in [1.165, 1.54) is 18.2 Å². The molecule has 0 atom stereocenters. The summed E-state index contributed by atoms with van der Waals surface area (Å²) in [6.45, 7) is 1.63. The van der Waals surface area contributed by atoms with Crippen LogP contribution in [0, 0.1) is 10.1 Å². The van der Waals surface area contributed by atoms with Gasteiger partial charge in [0.05, 0.1) is 22.8 Å². The first-order valence-corrected chi connectivity index (χ1v) is 9.36. The van der Waals surface area contributed by atoms with Crippen LogP contribution in [0.2, 0.25) is 0 Å². The number of nitrogens with zero attached hydrogens (tertiary/aromatic N) is 2. The molecular formula is C14H20F3N5O4S. The Morgan fingerprint density at radius 2 is 1.96 bits per heavy atom. The second-order valence-corrected chi connectivity index (χ2v) is 6.97. The van der Waals surface area contributed by atoms with Gasteiger partial charge < -0.3 is 10.6 Å². The van der Waals surface area contributed by atoms with Crippen LogP contribution in [0.3, 0.4) is 0 Å².